The van der Waals surface area contributed by atoms with Gasteiger partial charge in [-0.05, 0) is 25.0 Å². The van der Waals surface area contributed by atoms with Crippen LogP contribution in [-0.4, -0.2) is 33.3 Å². The van der Waals surface area contributed by atoms with E-state index in [4.69, 9.17) is 4.74 Å². The van der Waals surface area contributed by atoms with Crippen molar-refractivity contribution >= 4 is 5.69 Å². The zero-order chi connectivity index (χ0) is 13.1. The summed E-state index contributed by atoms with van der Waals surface area (Å²) in [5.74, 6) is 1.22. The first-order valence-electron chi connectivity index (χ1n) is 6.46. The van der Waals surface area contributed by atoms with Gasteiger partial charge in [0.2, 0.25) is 0 Å². The molecule has 0 radical (unpaired) electrons. The molecule has 6 nitrogen and oxygen atoms in total. The van der Waals surface area contributed by atoms with Gasteiger partial charge in [0.25, 0.3) is 0 Å². The Morgan fingerprint density at radius 1 is 1.53 bits per heavy atom. The Morgan fingerprint density at radius 2 is 2.47 bits per heavy atom. The smallest absolute Gasteiger partial charge is 0.153 e. The van der Waals surface area contributed by atoms with E-state index in [1.165, 1.54) is 6.33 Å². The second-order valence-corrected chi connectivity index (χ2v) is 4.78. The molecule has 1 aliphatic heterocycles. The molecular formula is C13H17N5O. The molecule has 19 heavy (non-hydrogen) atoms. The molecule has 0 spiro atoms. The Morgan fingerprint density at radius 3 is 3.26 bits per heavy atom. The predicted molar refractivity (Wildman–Crippen MR) is 70.6 cm³/mol. The minimum Gasteiger partial charge on any atom is -0.384 e. The van der Waals surface area contributed by atoms with Crippen LogP contribution in [-0.2, 0) is 4.74 Å². The minimum absolute atomic E-state index is 0.0112. The van der Waals surface area contributed by atoms with Gasteiger partial charge in [-0.3, -0.25) is 10.1 Å². The van der Waals surface area contributed by atoms with Crippen LogP contribution in [0.15, 0.2) is 24.8 Å². The number of ether oxygens (including phenoxy) is 1. The van der Waals surface area contributed by atoms with Crippen molar-refractivity contribution in [3.05, 3.63) is 36.2 Å². The van der Waals surface area contributed by atoms with Crippen molar-refractivity contribution in [2.24, 2.45) is 5.92 Å². The van der Waals surface area contributed by atoms with Crippen LogP contribution in [0.4, 0.5) is 5.69 Å². The van der Waals surface area contributed by atoms with Crippen molar-refractivity contribution in [3.63, 3.8) is 0 Å². The minimum atomic E-state index is 0.0112. The van der Waals surface area contributed by atoms with E-state index in [-0.39, 0.29) is 6.10 Å². The maximum atomic E-state index is 5.74. The lowest BCUT2D eigenvalue weighted by Crippen LogP contribution is -2.19. The van der Waals surface area contributed by atoms with E-state index in [1.807, 2.05) is 12.3 Å². The normalized spacial score (nSPS) is 22.6. The zero-order valence-corrected chi connectivity index (χ0v) is 10.8. The quantitative estimate of drug-likeness (QED) is 0.874. The molecule has 3 rings (SSSR count). The molecule has 2 N–H and O–H groups in total. The lowest BCUT2D eigenvalue weighted by molar-refractivity contribution is 0.0864. The topological polar surface area (TPSA) is 75.7 Å². The zero-order valence-electron chi connectivity index (χ0n) is 10.8. The molecule has 1 aliphatic rings. The SMILES string of the molecule is Cc1cnccc1NC[C@@H]1CCO[C@@H]1c1ncn[nH]1. The van der Waals surface area contributed by atoms with Crippen LogP contribution in [0.3, 0.4) is 0 Å². The first kappa shape index (κ1) is 12.1. The number of rotatable bonds is 4. The highest BCUT2D eigenvalue weighted by Crippen LogP contribution is 2.32. The first-order valence-corrected chi connectivity index (χ1v) is 6.46. The number of hydrogen-bond donors (Lipinski definition) is 2. The summed E-state index contributed by atoms with van der Waals surface area (Å²) in [5, 5.41) is 10.2. The molecule has 0 unspecified atom stereocenters. The fraction of sp³-hybridized carbons (Fsp3) is 0.462. The van der Waals surface area contributed by atoms with E-state index in [0.29, 0.717) is 5.92 Å². The standard InChI is InChI=1S/C13H17N5O/c1-9-6-14-4-2-11(9)15-7-10-3-5-19-12(10)13-16-8-17-18-13/h2,4,6,8,10,12H,3,5,7H2,1H3,(H,14,15)(H,16,17,18)/t10-,12-/m0/s1. The average molecular weight is 259 g/mol. The van der Waals surface area contributed by atoms with Crippen molar-refractivity contribution in [3.8, 4) is 0 Å². The highest BCUT2D eigenvalue weighted by molar-refractivity contribution is 5.48. The molecule has 0 aliphatic carbocycles. The third-order valence-electron chi connectivity index (χ3n) is 3.49. The van der Waals surface area contributed by atoms with Crippen molar-refractivity contribution in [1.29, 1.82) is 0 Å². The van der Waals surface area contributed by atoms with Gasteiger partial charge in [0.15, 0.2) is 5.82 Å². The second kappa shape index (κ2) is 5.36. The molecule has 2 aromatic rings. The van der Waals surface area contributed by atoms with Crippen molar-refractivity contribution in [1.82, 2.24) is 20.2 Å². The summed E-state index contributed by atoms with van der Waals surface area (Å²) < 4.78 is 5.74. The van der Waals surface area contributed by atoms with Crippen LogP contribution in [0.25, 0.3) is 0 Å². The predicted octanol–water partition coefficient (Wildman–Crippen LogP) is 1.70. The summed E-state index contributed by atoms with van der Waals surface area (Å²) in [6.07, 6.45) is 6.23. The fourth-order valence-electron chi connectivity index (χ4n) is 2.41. The number of pyridine rings is 1. The summed E-state index contributed by atoms with van der Waals surface area (Å²) in [4.78, 5) is 8.28. The summed E-state index contributed by atoms with van der Waals surface area (Å²) in [6, 6.07) is 1.99. The number of anilines is 1. The first-order chi connectivity index (χ1) is 9.34. The van der Waals surface area contributed by atoms with Gasteiger partial charge in [0.05, 0.1) is 0 Å². The van der Waals surface area contributed by atoms with Gasteiger partial charge in [-0.25, -0.2) is 4.98 Å². The Kier molecular flexibility index (Phi) is 3.41. The molecule has 6 heteroatoms. The lowest BCUT2D eigenvalue weighted by Gasteiger charge is -2.18. The van der Waals surface area contributed by atoms with E-state index in [2.05, 4.69) is 32.4 Å². The van der Waals surface area contributed by atoms with E-state index in [1.54, 1.807) is 6.20 Å². The number of hydrogen-bond acceptors (Lipinski definition) is 5. The molecule has 2 atom stereocenters. The Labute approximate surface area is 111 Å². The molecule has 1 saturated heterocycles. The summed E-state index contributed by atoms with van der Waals surface area (Å²) in [6.45, 7) is 3.68. The maximum absolute atomic E-state index is 5.74. The van der Waals surface area contributed by atoms with Crippen molar-refractivity contribution in [2.45, 2.75) is 19.4 Å². The third kappa shape index (κ3) is 2.58. The summed E-state index contributed by atoms with van der Waals surface area (Å²) in [7, 11) is 0. The van der Waals surface area contributed by atoms with Crippen molar-refractivity contribution < 1.29 is 4.74 Å². The lowest BCUT2D eigenvalue weighted by atomic mass is 10.0. The van der Waals surface area contributed by atoms with Gasteiger partial charge in [-0.2, -0.15) is 5.10 Å². The third-order valence-corrected chi connectivity index (χ3v) is 3.49. The Hall–Kier alpha value is -1.95. The van der Waals surface area contributed by atoms with Crippen LogP contribution in [0.1, 0.15) is 23.9 Å². The monoisotopic (exact) mass is 259 g/mol. The number of H-pyrrole nitrogens is 1. The van der Waals surface area contributed by atoms with Crippen LogP contribution in [0.2, 0.25) is 0 Å². The van der Waals surface area contributed by atoms with E-state index < -0.39 is 0 Å². The van der Waals surface area contributed by atoms with Crippen LogP contribution in [0.5, 0.6) is 0 Å². The van der Waals surface area contributed by atoms with Gasteiger partial charge in [-0.15, -0.1) is 0 Å². The molecule has 2 aromatic heterocycles. The molecule has 100 valence electrons. The van der Waals surface area contributed by atoms with Gasteiger partial charge >= 0.3 is 0 Å². The molecule has 3 heterocycles. The number of aromatic amines is 1. The number of nitrogens with one attached hydrogen (secondary N) is 2. The van der Waals surface area contributed by atoms with Crippen LogP contribution < -0.4 is 5.32 Å². The molecular weight excluding hydrogens is 242 g/mol. The molecule has 0 aromatic carbocycles. The highest BCUT2D eigenvalue weighted by atomic mass is 16.5. The second-order valence-electron chi connectivity index (χ2n) is 4.78. The van der Waals surface area contributed by atoms with E-state index >= 15 is 0 Å². The van der Waals surface area contributed by atoms with E-state index in [9.17, 15) is 0 Å². The van der Waals surface area contributed by atoms with Gasteiger partial charge in [-0.1, -0.05) is 0 Å². The van der Waals surface area contributed by atoms with E-state index in [0.717, 1.165) is 36.6 Å². The molecule has 0 bridgehead atoms. The Balaban J connectivity index is 1.65. The fourth-order valence-corrected chi connectivity index (χ4v) is 2.41. The number of nitrogens with zero attached hydrogens (tertiary/aromatic N) is 3. The summed E-state index contributed by atoms with van der Waals surface area (Å²) >= 11 is 0. The largest absolute Gasteiger partial charge is 0.384 e. The molecule has 1 fully saturated rings. The molecule has 0 saturated carbocycles. The van der Waals surface area contributed by atoms with Gasteiger partial charge in [0, 0.05) is 37.2 Å². The number of aryl methyl sites for hydroxylation is 1. The number of aromatic nitrogens is 4. The Bertz CT molecular complexity index is 528. The average Bonchev–Trinajstić information content (AvgIpc) is 3.08. The van der Waals surface area contributed by atoms with Gasteiger partial charge in [0.1, 0.15) is 12.4 Å². The van der Waals surface area contributed by atoms with Crippen molar-refractivity contribution in [2.75, 3.05) is 18.5 Å². The van der Waals surface area contributed by atoms with Crippen LogP contribution in [0, 0.1) is 12.8 Å². The summed E-state index contributed by atoms with van der Waals surface area (Å²) in [5.41, 5.74) is 2.27. The highest BCUT2D eigenvalue weighted by Gasteiger charge is 2.31. The molecule has 0 amide bonds. The van der Waals surface area contributed by atoms with Crippen LogP contribution >= 0.6 is 0 Å². The van der Waals surface area contributed by atoms with Gasteiger partial charge < -0.3 is 10.1 Å². The maximum Gasteiger partial charge on any atom is 0.153 e.